The van der Waals surface area contributed by atoms with E-state index in [0.717, 1.165) is 0 Å². The average Bonchev–Trinajstić information content (AvgIpc) is 2.15. The molecule has 0 aliphatic heterocycles. The fourth-order valence-electron chi connectivity index (χ4n) is 0.929. The third-order valence-electron chi connectivity index (χ3n) is 1.54. The lowest BCUT2D eigenvalue weighted by molar-refractivity contribution is -0.389. The number of nitro groups is 1. The monoisotopic (exact) mass is 236 g/mol. The molecule has 0 aliphatic rings. The number of carbonyl (C=O) groups is 1. The minimum absolute atomic E-state index is 0.000370. The van der Waals surface area contributed by atoms with Crippen molar-refractivity contribution in [2.24, 2.45) is 0 Å². The molecular weight excluding hydrogens is 234 g/mol. The zero-order valence-corrected chi connectivity index (χ0v) is 7.74. The van der Waals surface area contributed by atoms with Gasteiger partial charge in [-0.25, -0.2) is 8.78 Å². The van der Waals surface area contributed by atoms with Crippen LogP contribution in [0.1, 0.15) is 22.5 Å². The number of aldehydes is 1. The van der Waals surface area contributed by atoms with Gasteiger partial charge in [-0.15, -0.1) is 0 Å². The summed E-state index contributed by atoms with van der Waals surface area (Å²) < 4.78 is 24.7. The molecule has 0 amide bonds. The Morgan fingerprint density at radius 3 is 2.60 bits per heavy atom. The van der Waals surface area contributed by atoms with Gasteiger partial charge in [-0.2, -0.15) is 0 Å². The molecular formula is C7H3ClF2N2O3. The first-order valence-corrected chi connectivity index (χ1v) is 3.93. The third kappa shape index (κ3) is 2.24. The predicted octanol–water partition coefficient (Wildman–Crippen LogP) is 2.39. The third-order valence-corrected chi connectivity index (χ3v) is 1.85. The second kappa shape index (κ2) is 4.26. The second-order valence-electron chi connectivity index (χ2n) is 2.44. The molecule has 0 fully saturated rings. The summed E-state index contributed by atoms with van der Waals surface area (Å²) in [6.07, 6.45) is -3.01. The molecule has 0 N–H and O–H groups in total. The molecule has 0 aliphatic carbocycles. The maximum atomic E-state index is 12.4. The highest BCUT2D eigenvalue weighted by Gasteiger charge is 2.25. The van der Waals surface area contributed by atoms with Crippen LogP contribution in [0, 0.1) is 10.1 Å². The minimum Gasteiger partial charge on any atom is -0.358 e. The molecule has 15 heavy (non-hydrogen) atoms. The molecule has 0 saturated heterocycles. The number of hydrogen-bond donors (Lipinski definition) is 0. The minimum atomic E-state index is -3.01. The SMILES string of the molecule is O=Cc1nc([N+](=O)[O-])cc(Cl)c1C(F)F. The van der Waals surface area contributed by atoms with Crippen molar-refractivity contribution >= 4 is 23.7 Å². The summed E-state index contributed by atoms with van der Waals surface area (Å²) in [6, 6.07) is 0.677. The molecule has 80 valence electrons. The Labute approximate surface area is 86.8 Å². The fraction of sp³-hybridized carbons (Fsp3) is 0.143. The van der Waals surface area contributed by atoms with Gasteiger partial charge < -0.3 is 10.1 Å². The fourth-order valence-corrected chi connectivity index (χ4v) is 1.21. The lowest BCUT2D eigenvalue weighted by Gasteiger charge is -2.02. The van der Waals surface area contributed by atoms with Gasteiger partial charge in [-0.3, -0.25) is 4.79 Å². The Balaban J connectivity index is 3.43. The van der Waals surface area contributed by atoms with Crippen molar-refractivity contribution in [3.8, 4) is 0 Å². The molecule has 0 spiro atoms. The van der Waals surface area contributed by atoms with Crippen LogP contribution in [0.3, 0.4) is 0 Å². The van der Waals surface area contributed by atoms with Crippen molar-refractivity contribution in [1.82, 2.24) is 4.98 Å². The molecule has 0 bridgehead atoms. The van der Waals surface area contributed by atoms with Gasteiger partial charge in [0.15, 0.2) is 6.29 Å². The highest BCUT2D eigenvalue weighted by atomic mass is 35.5. The van der Waals surface area contributed by atoms with Crippen LogP contribution in [-0.2, 0) is 0 Å². The molecule has 0 aromatic carbocycles. The molecule has 5 nitrogen and oxygen atoms in total. The molecule has 0 unspecified atom stereocenters. The highest BCUT2D eigenvalue weighted by Crippen LogP contribution is 2.30. The van der Waals surface area contributed by atoms with E-state index in [1.807, 2.05) is 0 Å². The van der Waals surface area contributed by atoms with Gasteiger partial charge in [-0.1, -0.05) is 11.6 Å². The van der Waals surface area contributed by atoms with Crippen molar-refractivity contribution in [3.05, 3.63) is 32.5 Å². The van der Waals surface area contributed by atoms with Gasteiger partial charge >= 0.3 is 5.82 Å². The van der Waals surface area contributed by atoms with E-state index in [0.29, 0.717) is 6.07 Å². The van der Waals surface area contributed by atoms with E-state index >= 15 is 0 Å². The molecule has 0 atom stereocenters. The van der Waals surface area contributed by atoms with Crippen molar-refractivity contribution < 1.29 is 18.5 Å². The molecule has 1 rings (SSSR count). The highest BCUT2D eigenvalue weighted by molar-refractivity contribution is 6.31. The Kier molecular flexibility index (Phi) is 3.25. The molecule has 0 saturated carbocycles. The molecule has 8 heteroatoms. The Bertz CT molecular complexity index is 425. The number of hydrogen-bond acceptors (Lipinski definition) is 4. The topological polar surface area (TPSA) is 73.1 Å². The summed E-state index contributed by atoms with van der Waals surface area (Å²) in [4.78, 5) is 22.9. The van der Waals surface area contributed by atoms with Crippen LogP contribution < -0.4 is 0 Å². The summed E-state index contributed by atoms with van der Waals surface area (Å²) in [6.45, 7) is 0. The van der Waals surface area contributed by atoms with Gasteiger partial charge in [0.1, 0.15) is 0 Å². The second-order valence-corrected chi connectivity index (χ2v) is 2.84. The maximum absolute atomic E-state index is 12.4. The van der Waals surface area contributed by atoms with Crippen molar-refractivity contribution in [2.45, 2.75) is 6.43 Å². The standard InChI is InChI=1S/C7H3ClF2N2O3/c8-3-1-5(12(14)15)11-4(2-13)6(3)7(9)10/h1-2,7H. The van der Waals surface area contributed by atoms with E-state index < -0.39 is 33.4 Å². The van der Waals surface area contributed by atoms with Crippen molar-refractivity contribution in [2.75, 3.05) is 0 Å². The van der Waals surface area contributed by atoms with Crippen molar-refractivity contribution in [1.29, 1.82) is 0 Å². The quantitative estimate of drug-likeness (QED) is 0.459. The number of carbonyl (C=O) groups excluding carboxylic acids is 1. The van der Waals surface area contributed by atoms with Crippen LogP contribution in [-0.4, -0.2) is 16.2 Å². The Morgan fingerprint density at radius 2 is 2.20 bits per heavy atom. The number of aromatic nitrogens is 1. The summed E-state index contributed by atoms with van der Waals surface area (Å²) in [5, 5.41) is 9.74. The zero-order valence-electron chi connectivity index (χ0n) is 6.99. The maximum Gasteiger partial charge on any atom is 0.365 e. The van der Waals surface area contributed by atoms with E-state index in [9.17, 15) is 23.7 Å². The lowest BCUT2D eigenvalue weighted by Crippen LogP contribution is -2.02. The van der Waals surface area contributed by atoms with E-state index in [1.165, 1.54) is 0 Å². The molecule has 1 heterocycles. The smallest absolute Gasteiger partial charge is 0.358 e. The van der Waals surface area contributed by atoms with Crippen LogP contribution in [0.15, 0.2) is 6.07 Å². The van der Waals surface area contributed by atoms with Gasteiger partial charge in [0, 0.05) is 0 Å². The predicted molar refractivity (Wildman–Crippen MR) is 46.2 cm³/mol. The zero-order chi connectivity index (χ0) is 11.6. The molecule has 1 aromatic heterocycles. The first kappa shape index (κ1) is 11.4. The van der Waals surface area contributed by atoms with E-state index in [4.69, 9.17) is 11.6 Å². The van der Waals surface area contributed by atoms with E-state index in [2.05, 4.69) is 4.98 Å². The first-order chi connectivity index (χ1) is 6.97. The number of pyridine rings is 1. The summed E-state index contributed by atoms with van der Waals surface area (Å²) in [5.41, 5.74) is -1.51. The molecule has 0 radical (unpaired) electrons. The van der Waals surface area contributed by atoms with E-state index in [-0.39, 0.29) is 6.29 Å². The Hall–Kier alpha value is -1.63. The number of alkyl halides is 2. The first-order valence-electron chi connectivity index (χ1n) is 3.55. The normalized spacial score (nSPS) is 10.4. The summed E-state index contributed by atoms with van der Waals surface area (Å²) in [5.74, 6) is -0.744. The number of nitrogens with zero attached hydrogens (tertiary/aromatic N) is 2. The van der Waals surface area contributed by atoms with Crippen LogP contribution in [0.4, 0.5) is 14.6 Å². The van der Waals surface area contributed by atoms with E-state index in [1.54, 1.807) is 0 Å². The van der Waals surface area contributed by atoms with Gasteiger partial charge in [0.05, 0.1) is 16.7 Å². The summed E-state index contributed by atoms with van der Waals surface area (Å²) in [7, 11) is 0. The van der Waals surface area contributed by atoms with Crippen LogP contribution >= 0.6 is 11.6 Å². The lowest BCUT2D eigenvalue weighted by atomic mass is 10.2. The molecule has 1 aromatic rings. The van der Waals surface area contributed by atoms with Gasteiger partial charge in [0.2, 0.25) is 5.69 Å². The van der Waals surface area contributed by atoms with Gasteiger partial charge in [0.25, 0.3) is 6.43 Å². The van der Waals surface area contributed by atoms with Crippen LogP contribution in [0.25, 0.3) is 0 Å². The summed E-state index contributed by atoms with van der Waals surface area (Å²) >= 11 is 5.37. The van der Waals surface area contributed by atoms with Crippen LogP contribution in [0.5, 0.6) is 0 Å². The van der Waals surface area contributed by atoms with Gasteiger partial charge in [-0.05, 0) is 9.91 Å². The number of rotatable bonds is 3. The number of halogens is 3. The van der Waals surface area contributed by atoms with Crippen LogP contribution in [0.2, 0.25) is 5.02 Å². The Morgan fingerprint density at radius 1 is 1.60 bits per heavy atom. The van der Waals surface area contributed by atoms with Crippen molar-refractivity contribution in [3.63, 3.8) is 0 Å². The largest absolute Gasteiger partial charge is 0.365 e. The average molecular weight is 237 g/mol.